The van der Waals surface area contributed by atoms with E-state index in [1.54, 1.807) is 42.1 Å². The number of nitrogens with zero attached hydrogens (tertiary/aromatic N) is 2. The van der Waals surface area contributed by atoms with Crippen molar-refractivity contribution in [2.75, 3.05) is 5.32 Å². The van der Waals surface area contributed by atoms with Crippen molar-refractivity contribution in [3.8, 4) is 17.0 Å². The predicted molar refractivity (Wildman–Crippen MR) is 103 cm³/mol. The molecule has 3 rings (SSSR count). The Labute approximate surface area is 211 Å². The maximum atomic E-state index is 12.3. The minimum absolute atomic E-state index is 0. The number of aromatic nitrogens is 2. The molecule has 2 aromatic heterocycles. The number of phenolic OH excluding ortho intramolecular Hbond substituents is 1. The Morgan fingerprint density at radius 2 is 1.93 bits per heavy atom. The zero-order valence-corrected chi connectivity index (χ0v) is 19.7. The van der Waals surface area contributed by atoms with Crippen LogP contribution in [0.1, 0.15) is 36.5 Å². The van der Waals surface area contributed by atoms with E-state index in [0.717, 1.165) is 11.1 Å². The van der Waals surface area contributed by atoms with Crippen molar-refractivity contribution in [1.82, 2.24) is 9.72 Å². The second-order valence-electron chi connectivity index (χ2n) is 6.44. The van der Waals surface area contributed by atoms with Gasteiger partial charge in [-0.25, -0.2) is 4.79 Å². The minimum Gasteiger partial charge on any atom is -1.00 e. The van der Waals surface area contributed by atoms with E-state index in [9.17, 15) is 19.8 Å². The summed E-state index contributed by atoms with van der Waals surface area (Å²) in [6.07, 6.45) is 4.14. The first kappa shape index (κ1) is 23.4. The molecule has 8 nitrogen and oxygen atoms in total. The molecule has 0 fully saturated rings. The Morgan fingerprint density at radius 1 is 1.24 bits per heavy atom. The van der Waals surface area contributed by atoms with Crippen LogP contribution in [-0.2, 0) is 24.7 Å². The summed E-state index contributed by atoms with van der Waals surface area (Å²) >= 11 is 0. The fourth-order valence-corrected chi connectivity index (χ4v) is 3.04. The zero-order chi connectivity index (χ0) is 20.3. The van der Waals surface area contributed by atoms with E-state index in [0.29, 0.717) is 24.3 Å². The first-order chi connectivity index (χ1) is 13.4. The van der Waals surface area contributed by atoms with Crippen molar-refractivity contribution < 1.29 is 77.1 Å². The Kier molecular flexibility index (Phi) is 8.23. The summed E-state index contributed by atoms with van der Waals surface area (Å²) in [5, 5.41) is 25.4. The molecule has 1 amide bonds. The number of nitrogens with one attached hydrogen (secondary N) is 1. The monoisotopic (exact) mass is 423 g/mol. The molecule has 0 unspecified atom stereocenters. The van der Waals surface area contributed by atoms with Crippen LogP contribution in [0, 0.1) is 0 Å². The molecule has 29 heavy (non-hydrogen) atoms. The second-order valence-corrected chi connectivity index (χ2v) is 6.44. The van der Waals surface area contributed by atoms with Gasteiger partial charge < -0.3 is 26.0 Å². The molecule has 3 aromatic rings. The quantitative estimate of drug-likeness (QED) is 0.472. The van der Waals surface area contributed by atoms with Gasteiger partial charge in [-0.2, -0.15) is 0 Å². The van der Waals surface area contributed by atoms with Crippen LogP contribution in [0.25, 0.3) is 11.3 Å². The summed E-state index contributed by atoms with van der Waals surface area (Å²) in [6, 6.07) is 6.67. The number of aryl methyl sites for hydroxylation is 2. The van der Waals surface area contributed by atoms with Gasteiger partial charge in [-0.15, -0.1) is 0 Å². The van der Waals surface area contributed by atoms with Gasteiger partial charge in [0.1, 0.15) is 22.8 Å². The molecule has 0 radical (unpaired) electrons. The van der Waals surface area contributed by atoms with Crippen LogP contribution in [0.3, 0.4) is 0 Å². The molecule has 0 aliphatic carbocycles. The van der Waals surface area contributed by atoms with Crippen LogP contribution in [0.5, 0.6) is 5.75 Å². The summed E-state index contributed by atoms with van der Waals surface area (Å²) < 4.78 is 7.03. The molecule has 148 valence electrons. The second kappa shape index (κ2) is 10.2. The van der Waals surface area contributed by atoms with Gasteiger partial charge in [0, 0.05) is 43.4 Å². The molecule has 0 saturated heterocycles. The number of aromatic carboxylic acids is 1. The summed E-state index contributed by atoms with van der Waals surface area (Å²) in [4.78, 5) is 23.5. The summed E-state index contributed by atoms with van der Waals surface area (Å²) in [7, 11) is 1.69. The van der Waals surface area contributed by atoms with Crippen LogP contribution in [-0.4, -0.2) is 31.8 Å². The van der Waals surface area contributed by atoms with Gasteiger partial charge in [0.15, 0.2) is 0 Å². The fraction of sp³-hybridized carbons (Fsp3) is 0.250. The van der Waals surface area contributed by atoms with E-state index in [-0.39, 0.29) is 82.1 Å². The molecule has 0 bridgehead atoms. The molecule has 3 N–H and O–H groups in total. The van der Waals surface area contributed by atoms with Crippen LogP contribution in [0.4, 0.5) is 5.69 Å². The number of carbonyl (C=O) groups excluding carboxylic acids is 1. The van der Waals surface area contributed by atoms with Crippen molar-refractivity contribution >= 4 is 17.6 Å². The van der Waals surface area contributed by atoms with Crippen LogP contribution >= 0.6 is 0 Å². The number of aromatic hydroxyl groups is 1. The van der Waals surface area contributed by atoms with Gasteiger partial charge >= 0.3 is 57.4 Å². The van der Waals surface area contributed by atoms with Gasteiger partial charge in [-0.05, 0) is 30.7 Å². The summed E-state index contributed by atoms with van der Waals surface area (Å²) in [5.74, 6) is -0.618. The zero-order valence-electron chi connectivity index (χ0n) is 17.6. The van der Waals surface area contributed by atoms with Crippen molar-refractivity contribution in [2.24, 2.45) is 7.05 Å². The summed E-state index contributed by atoms with van der Waals surface area (Å²) in [5.41, 5.74) is 2.72. The Bertz CT molecular complexity index is 1010. The number of amides is 1. The topological polar surface area (TPSA) is 118 Å². The van der Waals surface area contributed by atoms with Crippen molar-refractivity contribution in [3.63, 3.8) is 0 Å². The van der Waals surface area contributed by atoms with Gasteiger partial charge in [0.2, 0.25) is 5.91 Å². The van der Waals surface area contributed by atoms with Crippen molar-refractivity contribution in [2.45, 2.75) is 26.2 Å². The van der Waals surface area contributed by atoms with Gasteiger partial charge in [-0.3, -0.25) is 4.79 Å². The molecule has 1 aromatic carbocycles. The number of anilines is 1. The first-order valence-corrected chi connectivity index (χ1v) is 8.85. The van der Waals surface area contributed by atoms with Crippen LogP contribution in [0.2, 0.25) is 0 Å². The first-order valence-electron chi connectivity index (χ1n) is 8.85. The number of benzene rings is 1. The predicted octanol–water partition coefficient (Wildman–Crippen LogP) is 0.334. The number of carbonyl (C=O) groups is 2. The fourth-order valence-electron chi connectivity index (χ4n) is 3.04. The van der Waals surface area contributed by atoms with E-state index >= 15 is 0 Å². The normalized spacial score (nSPS) is 10.4. The number of carboxylic acid groups (broad SMARTS) is 1. The molecular formula is C20H22KN3O5. The smallest absolute Gasteiger partial charge is 1.00 e. The molecule has 2 heterocycles. The number of carboxylic acids is 1. The molecule has 0 aliphatic heterocycles. The van der Waals surface area contributed by atoms with Crippen molar-refractivity contribution in [1.29, 1.82) is 0 Å². The third-order valence-electron chi connectivity index (χ3n) is 4.40. The average molecular weight is 424 g/mol. The van der Waals surface area contributed by atoms with E-state index in [4.69, 9.17) is 4.52 Å². The van der Waals surface area contributed by atoms with E-state index < -0.39 is 5.97 Å². The number of hydrogen-bond donors (Lipinski definition) is 3. The SMILES string of the molecule is CCc1c(-c2ccc(O)cc2)noc1CCC(=O)Nc1cn(C)cc1C(=O)O.[H-].[K+]. The van der Waals surface area contributed by atoms with E-state index in [1.165, 1.54) is 6.20 Å². The average Bonchev–Trinajstić information content (AvgIpc) is 3.23. The molecule has 0 aliphatic rings. The standard InChI is InChI=1S/C20H21N3O5.K.H/c1-3-14-17(28-22-19(14)12-4-6-13(24)7-5-12)8-9-18(25)21-16-11-23(2)10-15(16)20(26)27;;/h4-7,10-11,24H,3,8-9H2,1-2H3,(H,21,25)(H,26,27);;/q;+1;-1. The largest absolute Gasteiger partial charge is 1.00 e. The van der Waals surface area contributed by atoms with Gasteiger partial charge in [0.05, 0.1) is 5.69 Å². The molecule has 0 saturated carbocycles. The number of phenols is 1. The van der Waals surface area contributed by atoms with Gasteiger partial charge in [0.25, 0.3) is 0 Å². The molecule has 0 atom stereocenters. The van der Waals surface area contributed by atoms with Gasteiger partial charge in [-0.1, -0.05) is 12.1 Å². The van der Waals surface area contributed by atoms with Crippen molar-refractivity contribution in [3.05, 3.63) is 53.5 Å². The molecular weight excluding hydrogens is 401 g/mol. The van der Waals surface area contributed by atoms with Crippen LogP contribution in [0.15, 0.2) is 41.2 Å². The Balaban J connectivity index is 0.00000225. The Morgan fingerprint density at radius 3 is 2.55 bits per heavy atom. The van der Waals surface area contributed by atoms with E-state index in [2.05, 4.69) is 10.5 Å². The summed E-state index contributed by atoms with van der Waals surface area (Å²) in [6.45, 7) is 1.98. The third-order valence-corrected chi connectivity index (χ3v) is 4.40. The van der Waals surface area contributed by atoms with Crippen LogP contribution < -0.4 is 56.7 Å². The Hall–Kier alpha value is -1.91. The maximum Gasteiger partial charge on any atom is 1.00 e. The number of hydrogen-bond acceptors (Lipinski definition) is 5. The number of rotatable bonds is 7. The third kappa shape index (κ3) is 5.58. The molecule has 9 heteroatoms. The maximum absolute atomic E-state index is 12.3. The van der Waals surface area contributed by atoms with E-state index in [1.807, 2.05) is 6.92 Å². The minimum atomic E-state index is -1.10. The molecule has 0 spiro atoms.